The number of nitrogens with zero attached hydrogens (tertiary/aromatic N) is 1. The summed E-state index contributed by atoms with van der Waals surface area (Å²) in [4.78, 5) is 0. The van der Waals surface area contributed by atoms with Gasteiger partial charge in [-0.05, 0) is 0 Å². The first kappa shape index (κ1) is 25.8. The molecule has 2 aliphatic carbocycles. The van der Waals surface area contributed by atoms with Crippen molar-refractivity contribution >= 4 is 0 Å². The third-order valence-electron chi connectivity index (χ3n) is 4.43. The summed E-state index contributed by atoms with van der Waals surface area (Å²) >= 11 is 1.16. The van der Waals surface area contributed by atoms with Gasteiger partial charge in [-0.1, -0.05) is 52.4 Å². The van der Waals surface area contributed by atoms with Gasteiger partial charge in [-0.2, -0.15) is 31.6 Å². The van der Waals surface area contributed by atoms with Crippen LogP contribution >= 0.6 is 0 Å². The fourth-order valence-corrected chi connectivity index (χ4v) is 2.99. The van der Waals surface area contributed by atoms with Crippen molar-refractivity contribution in [1.29, 1.82) is 0 Å². The molecule has 0 aromatic carbocycles. The van der Waals surface area contributed by atoms with Crippen LogP contribution in [0.5, 0.6) is 0 Å². The van der Waals surface area contributed by atoms with E-state index in [-0.39, 0.29) is 5.54 Å². The molecule has 0 bridgehead atoms. The van der Waals surface area contributed by atoms with Crippen LogP contribution in [0.25, 0.3) is 0 Å². The van der Waals surface area contributed by atoms with E-state index in [1.54, 1.807) is 6.92 Å². The molecule has 2 aliphatic rings. The molecule has 2 fully saturated rings. The molecule has 0 amide bonds. The molecule has 139 valence electrons. The molecule has 2 unspecified atom stereocenters. The van der Waals surface area contributed by atoms with Gasteiger partial charge >= 0.3 is 57.0 Å². The van der Waals surface area contributed by atoms with Crippen LogP contribution < -0.4 is 0 Å². The van der Waals surface area contributed by atoms with Crippen molar-refractivity contribution in [2.24, 2.45) is 15.2 Å². The molecule has 0 aliphatic heterocycles. The SMILES string of the molecule is CC1[CH-]C(C)CCC1.CCC(C)(C)[N]=[Ta].[CH-]1CCCCC1.[CH2-]C. The second-order valence-electron chi connectivity index (χ2n) is 7.27. The molecule has 0 N–H and O–H groups in total. The zero-order valence-electron chi connectivity index (χ0n) is 16.8. The average molecular weight is 490 g/mol. The third-order valence-corrected chi connectivity index (χ3v) is 6.37. The maximum Gasteiger partial charge on any atom is -0.0582 e. The van der Waals surface area contributed by atoms with E-state index in [2.05, 4.69) is 57.7 Å². The van der Waals surface area contributed by atoms with E-state index in [1.165, 1.54) is 51.4 Å². The summed E-state index contributed by atoms with van der Waals surface area (Å²) in [6.07, 6.45) is 17.4. The Balaban J connectivity index is 0. The standard InChI is InChI=1S/C8H15.C6H11.C5H11N.C2H5.Ta/c1-7-4-3-5-8(2)6-7;1-2-4-6-5-3-1;1-4-5(2,3)6;1-2;/h6-8H,3-5H2,1-2H3;1H,2-6H2;4H2,1-3H3;1H2,2H3;/q2*-1;;-1;. The molecule has 0 radical (unpaired) electrons. The Bertz CT molecular complexity index is 227. The topological polar surface area (TPSA) is 12.4 Å². The van der Waals surface area contributed by atoms with Crippen LogP contribution in [0.1, 0.15) is 99.3 Å². The summed E-state index contributed by atoms with van der Waals surface area (Å²) in [5.41, 5.74) is 0.258. The minimum Gasteiger partial charge on any atom is -0.346 e. The normalized spacial score (nSPS) is 23.7. The van der Waals surface area contributed by atoms with Gasteiger partial charge in [-0.3, -0.25) is 0 Å². The monoisotopic (exact) mass is 489 g/mol. The van der Waals surface area contributed by atoms with Gasteiger partial charge in [-0.25, -0.2) is 0 Å². The molecule has 2 heteroatoms. The molecular formula is C21H42NTa-3. The van der Waals surface area contributed by atoms with Crippen molar-refractivity contribution < 1.29 is 20.9 Å². The van der Waals surface area contributed by atoms with E-state index in [9.17, 15) is 0 Å². The minimum absolute atomic E-state index is 0.258. The summed E-state index contributed by atoms with van der Waals surface area (Å²) < 4.78 is 4.25. The van der Waals surface area contributed by atoms with E-state index in [0.29, 0.717) is 0 Å². The van der Waals surface area contributed by atoms with Crippen LogP contribution in [0.3, 0.4) is 0 Å². The Morgan fingerprint density at radius 3 is 1.61 bits per heavy atom. The second kappa shape index (κ2) is 17.4. The zero-order valence-corrected chi connectivity index (χ0v) is 20.0. The maximum absolute atomic E-state index is 4.25. The van der Waals surface area contributed by atoms with Crippen LogP contribution in [-0.2, 0) is 20.9 Å². The molecule has 2 rings (SSSR count). The molecule has 0 saturated heterocycles. The smallest absolute Gasteiger partial charge is 0.0582 e. The second-order valence-corrected chi connectivity index (χ2v) is 7.99. The van der Waals surface area contributed by atoms with Gasteiger partial charge in [-0.15, -0.1) is 0 Å². The van der Waals surface area contributed by atoms with Gasteiger partial charge in [0.25, 0.3) is 0 Å². The summed E-state index contributed by atoms with van der Waals surface area (Å²) in [5.74, 6) is 1.78. The zero-order chi connectivity index (χ0) is 18.1. The van der Waals surface area contributed by atoms with Crippen molar-refractivity contribution in [3.63, 3.8) is 0 Å². The molecule has 2 saturated carbocycles. The first-order valence-electron chi connectivity index (χ1n) is 9.65. The molecular weight excluding hydrogens is 447 g/mol. The Labute approximate surface area is 160 Å². The molecule has 23 heavy (non-hydrogen) atoms. The number of rotatable bonds is 2. The predicted molar refractivity (Wildman–Crippen MR) is 102 cm³/mol. The summed E-state index contributed by atoms with van der Waals surface area (Å²) in [6.45, 7) is 16.1. The number of hydrogen-bond donors (Lipinski definition) is 0. The van der Waals surface area contributed by atoms with Gasteiger partial charge in [0.15, 0.2) is 0 Å². The van der Waals surface area contributed by atoms with E-state index < -0.39 is 0 Å². The fourth-order valence-electron chi connectivity index (χ4n) is 2.48. The molecule has 0 aromatic rings. The Morgan fingerprint density at radius 2 is 1.48 bits per heavy atom. The van der Waals surface area contributed by atoms with Gasteiger partial charge < -0.3 is 19.8 Å². The average Bonchev–Trinajstić information content (AvgIpc) is 2.59. The van der Waals surface area contributed by atoms with Crippen molar-refractivity contribution in [1.82, 2.24) is 0 Å². The van der Waals surface area contributed by atoms with E-state index in [1.807, 2.05) is 0 Å². The summed E-state index contributed by atoms with van der Waals surface area (Å²) in [5, 5.41) is 0. The van der Waals surface area contributed by atoms with E-state index in [0.717, 1.165) is 39.1 Å². The third kappa shape index (κ3) is 18.7. The van der Waals surface area contributed by atoms with E-state index in [4.69, 9.17) is 0 Å². The Kier molecular flexibility index (Phi) is 19.5. The largest absolute Gasteiger partial charge is 0.346 e. The molecule has 0 aromatic heterocycles. The number of hydrogen-bond acceptors (Lipinski definition) is 1. The summed E-state index contributed by atoms with van der Waals surface area (Å²) in [6, 6.07) is 0. The van der Waals surface area contributed by atoms with Crippen molar-refractivity contribution in [3.05, 3.63) is 19.8 Å². The molecule has 2 atom stereocenters. The first-order chi connectivity index (χ1) is 10.9. The van der Waals surface area contributed by atoms with Crippen LogP contribution in [-0.4, -0.2) is 5.54 Å². The van der Waals surface area contributed by atoms with Gasteiger partial charge in [0.05, 0.1) is 0 Å². The van der Waals surface area contributed by atoms with Gasteiger partial charge in [0.2, 0.25) is 0 Å². The quantitative estimate of drug-likeness (QED) is 0.355. The van der Waals surface area contributed by atoms with Gasteiger partial charge in [0.1, 0.15) is 0 Å². The van der Waals surface area contributed by atoms with Crippen molar-refractivity contribution in [3.8, 4) is 0 Å². The molecule has 1 nitrogen and oxygen atoms in total. The Morgan fingerprint density at radius 1 is 1.00 bits per heavy atom. The van der Waals surface area contributed by atoms with Crippen LogP contribution in [0.4, 0.5) is 0 Å². The Hall–Kier alpha value is 0.540. The van der Waals surface area contributed by atoms with Crippen LogP contribution in [0.2, 0.25) is 0 Å². The van der Waals surface area contributed by atoms with E-state index >= 15 is 0 Å². The van der Waals surface area contributed by atoms with Crippen LogP contribution in [0.15, 0.2) is 3.34 Å². The van der Waals surface area contributed by atoms with Crippen molar-refractivity contribution in [2.75, 3.05) is 0 Å². The first-order valence-corrected chi connectivity index (χ1v) is 11.1. The molecule has 0 spiro atoms. The summed E-state index contributed by atoms with van der Waals surface area (Å²) in [7, 11) is 0. The van der Waals surface area contributed by atoms with Crippen LogP contribution in [0, 0.1) is 31.6 Å². The molecule has 0 heterocycles. The fraction of sp³-hybridized carbons (Fsp3) is 0.857. The predicted octanol–water partition coefficient (Wildman–Crippen LogP) is 7.55. The maximum atomic E-state index is 4.25. The van der Waals surface area contributed by atoms with Crippen molar-refractivity contribution in [2.45, 2.75) is 105 Å². The van der Waals surface area contributed by atoms with Gasteiger partial charge in [0, 0.05) is 0 Å². The minimum atomic E-state index is 0.258.